The Morgan fingerprint density at radius 2 is 1.88 bits per heavy atom. The molecule has 1 aliphatic heterocycles. The molecular weight excluding hydrogens is 482 g/mol. The van der Waals surface area contributed by atoms with Gasteiger partial charge in [-0.05, 0) is 44.4 Å². The fourth-order valence-electron chi connectivity index (χ4n) is 3.31. The van der Waals surface area contributed by atoms with Crippen molar-refractivity contribution in [3.8, 4) is 11.5 Å². The summed E-state index contributed by atoms with van der Waals surface area (Å²) in [4.78, 5) is 18.0. The van der Waals surface area contributed by atoms with Gasteiger partial charge in [0, 0.05) is 43.1 Å². The number of amides is 1. The first kappa shape index (κ1) is 23.8. The standard InChI is InChI=1S/C22H25N3O5S3/c1-14(2)24(3)33(27,28)16-7-5-15(6-8-16)21(26)23-22-25(9-10-31-4)17-11-18-19(30-13-29-18)12-20(17)32-22/h5-8,11-12,14H,9-10,13H2,1-4H3. The van der Waals surface area contributed by atoms with Crippen molar-refractivity contribution in [3.05, 3.63) is 46.8 Å². The summed E-state index contributed by atoms with van der Waals surface area (Å²) in [6, 6.07) is 9.56. The predicted molar refractivity (Wildman–Crippen MR) is 131 cm³/mol. The van der Waals surface area contributed by atoms with Crippen molar-refractivity contribution in [2.24, 2.45) is 4.99 Å². The molecule has 1 amide bonds. The number of hydrogen-bond acceptors (Lipinski definition) is 7. The minimum Gasteiger partial charge on any atom is -0.454 e. The van der Waals surface area contributed by atoms with Crippen molar-refractivity contribution in [3.63, 3.8) is 0 Å². The minimum absolute atomic E-state index is 0.140. The van der Waals surface area contributed by atoms with Gasteiger partial charge in [0.25, 0.3) is 5.91 Å². The van der Waals surface area contributed by atoms with Crippen LogP contribution in [-0.4, -0.2) is 55.1 Å². The van der Waals surface area contributed by atoms with E-state index in [2.05, 4.69) is 4.99 Å². The average molecular weight is 508 g/mol. The molecule has 2 aromatic carbocycles. The molecule has 11 heteroatoms. The number of carbonyl (C=O) groups excluding carboxylic acids is 1. The highest BCUT2D eigenvalue weighted by molar-refractivity contribution is 7.98. The monoisotopic (exact) mass is 507 g/mol. The summed E-state index contributed by atoms with van der Waals surface area (Å²) in [5.74, 6) is 1.79. The lowest BCUT2D eigenvalue weighted by Gasteiger charge is -2.20. The number of sulfonamides is 1. The highest BCUT2D eigenvalue weighted by Gasteiger charge is 2.23. The number of thiazole rings is 1. The number of nitrogens with zero attached hydrogens (tertiary/aromatic N) is 3. The number of hydrogen-bond donors (Lipinski definition) is 0. The van der Waals surface area contributed by atoms with Crippen LogP contribution in [0.3, 0.4) is 0 Å². The molecule has 2 heterocycles. The third-order valence-electron chi connectivity index (χ3n) is 5.40. The summed E-state index contributed by atoms with van der Waals surface area (Å²) in [6.45, 7) is 4.49. The van der Waals surface area contributed by atoms with Crippen LogP contribution in [0.4, 0.5) is 0 Å². The lowest BCUT2D eigenvalue weighted by atomic mass is 10.2. The molecule has 0 saturated carbocycles. The summed E-state index contributed by atoms with van der Waals surface area (Å²) in [7, 11) is -2.08. The molecule has 176 valence electrons. The Morgan fingerprint density at radius 1 is 1.21 bits per heavy atom. The highest BCUT2D eigenvalue weighted by Crippen LogP contribution is 2.37. The number of ether oxygens (including phenoxy) is 2. The molecule has 0 bridgehead atoms. The maximum atomic E-state index is 12.9. The van der Waals surface area contributed by atoms with Gasteiger partial charge < -0.3 is 14.0 Å². The van der Waals surface area contributed by atoms with E-state index in [9.17, 15) is 13.2 Å². The molecule has 0 fully saturated rings. The van der Waals surface area contributed by atoms with Crippen molar-refractivity contribution < 1.29 is 22.7 Å². The van der Waals surface area contributed by atoms with E-state index in [1.807, 2.05) is 23.0 Å². The van der Waals surface area contributed by atoms with Gasteiger partial charge in [-0.1, -0.05) is 11.3 Å². The summed E-state index contributed by atoms with van der Waals surface area (Å²) in [6.07, 6.45) is 2.03. The molecule has 4 rings (SSSR count). The topological polar surface area (TPSA) is 90.2 Å². The molecule has 0 radical (unpaired) electrons. The lowest BCUT2D eigenvalue weighted by molar-refractivity contribution is 0.0997. The second-order valence-electron chi connectivity index (χ2n) is 7.76. The van der Waals surface area contributed by atoms with Crippen LogP contribution in [-0.2, 0) is 16.6 Å². The molecule has 0 aliphatic carbocycles. The molecule has 3 aromatic rings. The summed E-state index contributed by atoms with van der Waals surface area (Å²) < 4.78 is 40.6. The number of aromatic nitrogens is 1. The first-order valence-corrected chi connectivity index (χ1v) is 14.0. The predicted octanol–water partition coefficient (Wildman–Crippen LogP) is 3.56. The maximum absolute atomic E-state index is 12.9. The van der Waals surface area contributed by atoms with E-state index in [4.69, 9.17) is 9.47 Å². The molecule has 0 saturated heterocycles. The Balaban J connectivity index is 1.70. The van der Waals surface area contributed by atoms with Crippen molar-refractivity contribution in [2.45, 2.75) is 31.3 Å². The van der Waals surface area contributed by atoms with Crippen LogP contribution in [0.5, 0.6) is 11.5 Å². The maximum Gasteiger partial charge on any atom is 0.279 e. The molecule has 0 unspecified atom stereocenters. The van der Waals surface area contributed by atoms with Gasteiger partial charge in [0.1, 0.15) is 0 Å². The largest absolute Gasteiger partial charge is 0.454 e. The first-order chi connectivity index (χ1) is 15.7. The first-order valence-electron chi connectivity index (χ1n) is 10.3. The number of carbonyl (C=O) groups is 1. The van der Waals surface area contributed by atoms with E-state index in [-0.39, 0.29) is 17.7 Å². The SMILES string of the molecule is CSCCn1c(=NC(=O)c2ccc(S(=O)(=O)N(C)C(C)C)cc2)sc2cc3c(cc21)OCO3. The number of fused-ring (bicyclic) bond motifs is 2. The van der Waals surface area contributed by atoms with Crippen LogP contribution >= 0.6 is 23.1 Å². The third-order valence-corrected chi connectivity index (χ3v) is 9.08. The minimum atomic E-state index is -3.62. The highest BCUT2D eigenvalue weighted by atomic mass is 32.2. The Bertz CT molecular complexity index is 1360. The van der Waals surface area contributed by atoms with E-state index in [1.165, 1.54) is 47.0 Å². The number of thioether (sulfide) groups is 1. The van der Waals surface area contributed by atoms with Crippen LogP contribution in [0.1, 0.15) is 24.2 Å². The smallest absolute Gasteiger partial charge is 0.279 e. The zero-order valence-corrected chi connectivity index (χ0v) is 21.2. The van der Waals surface area contributed by atoms with Gasteiger partial charge in [-0.3, -0.25) is 4.79 Å². The van der Waals surface area contributed by atoms with Crippen LogP contribution in [0.25, 0.3) is 10.2 Å². The van der Waals surface area contributed by atoms with Crippen LogP contribution in [0.2, 0.25) is 0 Å². The number of aryl methyl sites for hydroxylation is 1. The van der Waals surface area contributed by atoms with E-state index in [0.717, 1.165) is 16.0 Å². The molecule has 1 aliphatic rings. The fourth-order valence-corrected chi connectivity index (χ4v) is 6.11. The molecule has 8 nitrogen and oxygen atoms in total. The average Bonchev–Trinajstić information content (AvgIpc) is 3.38. The Labute approximate surface area is 200 Å². The van der Waals surface area contributed by atoms with Crippen LogP contribution < -0.4 is 14.3 Å². The molecule has 0 N–H and O–H groups in total. The molecule has 0 atom stereocenters. The number of benzene rings is 2. The zero-order valence-electron chi connectivity index (χ0n) is 18.8. The van der Waals surface area contributed by atoms with Gasteiger partial charge in [0.15, 0.2) is 16.3 Å². The van der Waals surface area contributed by atoms with E-state index >= 15 is 0 Å². The van der Waals surface area contributed by atoms with Crippen molar-refractivity contribution in [1.29, 1.82) is 0 Å². The van der Waals surface area contributed by atoms with Gasteiger partial charge in [-0.2, -0.15) is 21.1 Å². The van der Waals surface area contributed by atoms with E-state index < -0.39 is 15.9 Å². The third kappa shape index (κ3) is 4.68. The molecule has 1 aromatic heterocycles. The summed E-state index contributed by atoms with van der Waals surface area (Å²) in [5, 5.41) is 0. The summed E-state index contributed by atoms with van der Waals surface area (Å²) >= 11 is 3.11. The normalized spacial score (nSPS) is 14.1. The Hall–Kier alpha value is -2.34. The fraction of sp³-hybridized carbons (Fsp3) is 0.364. The van der Waals surface area contributed by atoms with Gasteiger partial charge >= 0.3 is 0 Å². The lowest BCUT2D eigenvalue weighted by Crippen LogP contribution is -2.33. The quantitative estimate of drug-likeness (QED) is 0.486. The van der Waals surface area contributed by atoms with Crippen molar-refractivity contribution in [2.75, 3.05) is 25.8 Å². The van der Waals surface area contributed by atoms with Crippen LogP contribution in [0.15, 0.2) is 46.3 Å². The Morgan fingerprint density at radius 3 is 2.52 bits per heavy atom. The van der Waals surface area contributed by atoms with Gasteiger partial charge in [0.2, 0.25) is 16.8 Å². The molecular formula is C22H25N3O5S3. The summed E-state index contributed by atoms with van der Waals surface area (Å²) in [5.41, 5.74) is 1.26. The number of rotatable bonds is 7. The van der Waals surface area contributed by atoms with Gasteiger partial charge in [-0.25, -0.2) is 8.42 Å². The van der Waals surface area contributed by atoms with Crippen LogP contribution in [0, 0.1) is 0 Å². The van der Waals surface area contributed by atoms with E-state index in [1.54, 1.807) is 25.6 Å². The second kappa shape index (κ2) is 9.49. The van der Waals surface area contributed by atoms with E-state index in [0.29, 0.717) is 28.4 Å². The van der Waals surface area contributed by atoms with Gasteiger partial charge in [-0.15, -0.1) is 0 Å². The van der Waals surface area contributed by atoms with Crippen molar-refractivity contribution >= 4 is 49.2 Å². The zero-order chi connectivity index (χ0) is 23.8. The van der Waals surface area contributed by atoms with Crippen molar-refractivity contribution in [1.82, 2.24) is 8.87 Å². The Kier molecular flexibility index (Phi) is 6.85. The van der Waals surface area contributed by atoms with Gasteiger partial charge in [0.05, 0.1) is 15.1 Å². The second-order valence-corrected chi connectivity index (χ2v) is 11.8. The molecule has 0 spiro atoms. The molecule has 33 heavy (non-hydrogen) atoms.